The quantitative estimate of drug-likeness (QED) is 0.413. The van der Waals surface area contributed by atoms with Crippen LogP contribution in [0.25, 0.3) is 16.6 Å². The molecule has 5 rings (SSSR count). The van der Waals surface area contributed by atoms with E-state index >= 15 is 0 Å². The maximum Gasteiger partial charge on any atom is 0.222 e. The Hall–Kier alpha value is -3.75. The van der Waals surface area contributed by atoms with Crippen molar-refractivity contribution < 1.29 is 4.74 Å². The van der Waals surface area contributed by atoms with E-state index in [-0.39, 0.29) is 11.9 Å². The third-order valence-electron chi connectivity index (χ3n) is 5.05. The number of nitrogens with zero attached hydrogens (tertiary/aromatic N) is 6. The molecule has 3 heterocycles. The van der Waals surface area contributed by atoms with Gasteiger partial charge in [0, 0.05) is 17.5 Å². The summed E-state index contributed by atoms with van der Waals surface area (Å²) in [4.78, 5) is 13.1. The molecule has 3 aromatic heterocycles. The first kappa shape index (κ1) is 16.4. The standard InChI is InChI=1S/C19H18N8O/c1-28-14-4-2-3-11-16(14)23-19(21)25-18(11)24-17(20)13-7-12(13)10-5-6-15-26-22-9-27(15)8-10/h2-6,8-9,12-13H,7H2,1H3,(H4,20,21,23,24,25). The predicted octanol–water partition coefficient (Wildman–Crippen LogP) is 2.06. The monoisotopic (exact) mass is 374 g/mol. The summed E-state index contributed by atoms with van der Waals surface area (Å²) in [6, 6.07) is 9.59. The number of para-hydroxylation sites is 1. The molecule has 0 saturated heterocycles. The number of benzene rings is 1. The van der Waals surface area contributed by atoms with Crippen molar-refractivity contribution in [3.05, 3.63) is 48.4 Å². The number of hydrogen-bond donors (Lipinski definition) is 2. The maximum absolute atomic E-state index is 6.33. The van der Waals surface area contributed by atoms with Crippen LogP contribution in [0.15, 0.2) is 47.8 Å². The van der Waals surface area contributed by atoms with Gasteiger partial charge in [-0.15, -0.1) is 10.2 Å². The number of nitrogens with two attached hydrogens (primary N) is 2. The van der Waals surface area contributed by atoms with Crippen LogP contribution in [-0.2, 0) is 0 Å². The Kier molecular flexibility index (Phi) is 3.61. The maximum atomic E-state index is 6.33. The number of amidine groups is 1. The van der Waals surface area contributed by atoms with Gasteiger partial charge in [-0.05, 0) is 36.1 Å². The summed E-state index contributed by atoms with van der Waals surface area (Å²) in [6.45, 7) is 0. The number of rotatable bonds is 4. The summed E-state index contributed by atoms with van der Waals surface area (Å²) in [5.74, 6) is 2.22. The molecule has 0 amide bonds. The summed E-state index contributed by atoms with van der Waals surface area (Å²) >= 11 is 0. The molecule has 1 aliphatic rings. The highest BCUT2D eigenvalue weighted by atomic mass is 16.5. The van der Waals surface area contributed by atoms with Crippen molar-refractivity contribution in [2.75, 3.05) is 12.8 Å². The van der Waals surface area contributed by atoms with Crippen LogP contribution in [0.3, 0.4) is 0 Å². The number of ether oxygens (including phenoxy) is 1. The zero-order chi connectivity index (χ0) is 19.3. The molecular weight excluding hydrogens is 356 g/mol. The lowest BCUT2D eigenvalue weighted by Crippen LogP contribution is -2.15. The molecule has 2 atom stereocenters. The third kappa shape index (κ3) is 2.68. The number of hydrogen-bond acceptors (Lipinski definition) is 7. The van der Waals surface area contributed by atoms with Gasteiger partial charge in [0.05, 0.1) is 7.11 Å². The lowest BCUT2D eigenvalue weighted by Gasteiger charge is -2.08. The molecule has 4 aromatic rings. The van der Waals surface area contributed by atoms with Crippen LogP contribution >= 0.6 is 0 Å². The van der Waals surface area contributed by atoms with Crippen LogP contribution in [0.5, 0.6) is 5.75 Å². The lowest BCUT2D eigenvalue weighted by atomic mass is 10.1. The fourth-order valence-corrected chi connectivity index (χ4v) is 3.54. The van der Waals surface area contributed by atoms with Gasteiger partial charge in [-0.25, -0.2) is 9.98 Å². The Labute approximate surface area is 160 Å². The van der Waals surface area contributed by atoms with Gasteiger partial charge in [0.2, 0.25) is 5.95 Å². The second-order valence-corrected chi connectivity index (χ2v) is 6.81. The molecule has 28 heavy (non-hydrogen) atoms. The van der Waals surface area contributed by atoms with Crippen LogP contribution in [0.4, 0.5) is 11.8 Å². The minimum Gasteiger partial charge on any atom is -0.494 e. The van der Waals surface area contributed by atoms with Crippen LogP contribution in [0.1, 0.15) is 17.9 Å². The Morgan fingerprint density at radius 1 is 1.25 bits per heavy atom. The predicted molar refractivity (Wildman–Crippen MR) is 106 cm³/mol. The largest absolute Gasteiger partial charge is 0.494 e. The number of fused-ring (bicyclic) bond motifs is 2. The Balaban J connectivity index is 1.48. The number of anilines is 1. The van der Waals surface area contributed by atoms with E-state index in [0.29, 0.717) is 28.8 Å². The third-order valence-corrected chi connectivity index (χ3v) is 5.05. The fourth-order valence-electron chi connectivity index (χ4n) is 3.54. The number of pyridine rings is 1. The van der Waals surface area contributed by atoms with Crippen molar-refractivity contribution in [3.63, 3.8) is 0 Å². The van der Waals surface area contributed by atoms with E-state index in [0.717, 1.165) is 17.5 Å². The molecule has 1 aliphatic carbocycles. The molecule has 1 fully saturated rings. The first-order chi connectivity index (χ1) is 13.6. The van der Waals surface area contributed by atoms with E-state index in [1.807, 2.05) is 34.9 Å². The highest BCUT2D eigenvalue weighted by Crippen LogP contribution is 2.48. The average Bonchev–Trinajstić information content (AvgIpc) is 3.37. The SMILES string of the molecule is COc1cccc2c(N=C(N)C3CC3c3ccc4nncn4c3)nc(N)nc12. The van der Waals surface area contributed by atoms with Gasteiger partial charge in [-0.3, -0.25) is 4.40 Å². The van der Waals surface area contributed by atoms with Gasteiger partial charge in [0.1, 0.15) is 23.4 Å². The zero-order valence-electron chi connectivity index (χ0n) is 15.1. The van der Waals surface area contributed by atoms with Crippen LogP contribution in [-0.4, -0.2) is 37.5 Å². The molecule has 140 valence electrons. The smallest absolute Gasteiger partial charge is 0.222 e. The first-order valence-electron chi connectivity index (χ1n) is 8.87. The van der Waals surface area contributed by atoms with Crippen molar-refractivity contribution >= 4 is 34.2 Å². The summed E-state index contributed by atoms with van der Waals surface area (Å²) < 4.78 is 7.27. The summed E-state index contributed by atoms with van der Waals surface area (Å²) in [5.41, 5.74) is 14.8. The van der Waals surface area contributed by atoms with Gasteiger partial charge < -0.3 is 16.2 Å². The number of aromatic nitrogens is 5. The van der Waals surface area contributed by atoms with Crippen molar-refractivity contribution in [3.8, 4) is 5.75 Å². The molecule has 1 saturated carbocycles. The first-order valence-corrected chi connectivity index (χ1v) is 8.87. The molecule has 1 aromatic carbocycles. The summed E-state index contributed by atoms with van der Waals surface area (Å²) in [6.07, 6.45) is 4.66. The van der Waals surface area contributed by atoms with Gasteiger partial charge in [0.25, 0.3) is 0 Å². The number of nitrogen functional groups attached to an aromatic ring is 1. The van der Waals surface area contributed by atoms with E-state index in [1.54, 1.807) is 13.4 Å². The highest BCUT2D eigenvalue weighted by Gasteiger charge is 2.41. The zero-order valence-corrected chi connectivity index (χ0v) is 15.1. The van der Waals surface area contributed by atoms with E-state index in [4.69, 9.17) is 16.2 Å². The van der Waals surface area contributed by atoms with Crippen molar-refractivity contribution in [1.82, 2.24) is 24.6 Å². The Bertz CT molecular complexity index is 1230. The second kappa shape index (κ2) is 6.15. The molecule has 2 unspecified atom stereocenters. The molecule has 0 spiro atoms. The van der Waals surface area contributed by atoms with Crippen LogP contribution in [0, 0.1) is 5.92 Å². The van der Waals surface area contributed by atoms with Crippen molar-refractivity contribution in [2.24, 2.45) is 16.6 Å². The number of methoxy groups -OCH3 is 1. The van der Waals surface area contributed by atoms with Gasteiger partial charge in [0.15, 0.2) is 11.5 Å². The normalized spacial score (nSPS) is 19.2. The van der Waals surface area contributed by atoms with E-state index in [9.17, 15) is 0 Å². The molecule has 9 heteroatoms. The molecular formula is C19H18N8O. The average molecular weight is 374 g/mol. The van der Waals surface area contributed by atoms with Crippen LogP contribution in [0.2, 0.25) is 0 Å². The van der Waals surface area contributed by atoms with Gasteiger partial charge >= 0.3 is 0 Å². The molecule has 9 nitrogen and oxygen atoms in total. The van der Waals surface area contributed by atoms with E-state index < -0.39 is 0 Å². The van der Waals surface area contributed by atoms with Crippen molar-refractivity contribution in [2.45, 2.75) is 12.3 Å². The Morgan fingerprint density at radius 3 is 3.00 bits per heavy atom. The minimum atomic E-state index is 0.133. The van der Waals surface area contributed by atoms with Gasteiger partial charge in [-0.1, -0.05) is 12.1 Å². The van der Waals surface area contributed by atoms with E-state index in [2.05, 4.69) is 31.2 Å². The topological polar surface area (TPSA) is 130 Å². The summed E-state index contributed by atoms with van der Waals surface area (Å²) in [5, 5.41) is 8.69. The Morgan fingerprint density at radius 2 is 2.14 bits per heavy atom. The van der Waals surface area contributed by atoms with E-state index in [1.165, 1.54) is 5.56 Å². The molecule has 0 radical (unpaired) electrons. The number of aliphatic imine (C=N–C) groups is 1. The lowest BCUT2D eigenvalue weighted by molar-refractivity contribution is 0.419. The van der Waals surface area contributed by atoms with Crippen molar-refractivity contribution in [1.29, 1.82) is 0 Å². The fraction of sp³-hybridized carbons (Fsp3) is 0.211. The molecule has 0 bridgehead atoms. The van der Waals surface area contributed by atoms with Crippen LogP contribution < -0.4 is 16.2 Å². The van der Waals surface area contributed by atoms with Gasteiger partial charge in [-0.2, -0.15) is 4.98 Å². The molecule has 4 N–H and O–H groups in total. The highest BCUT2D eigenvalue weighted by molar-refractivity contribution is 5.97. The second-order valence-electron chi connectivity index (χ2n) is 6.81. The summed E-state index contributed by atoms with van der Waals surface area (Å²) in [7, 11) is 1.59. The molecule has 0 aliphatic heterocycles. The minimum absolute atomic E-state index is 0.133.